The van der Waals surface area contributed by atoms with Crippen molar-refractivity contribution in [2.75, 3.05) is 13.2 Å². The van der Waals surface area contributed by atoms with E-state index in [1.165, 1.54) is 12.3 Å². The van der Waals surface area contributed by atoms with Crippen LogP contribution in [0.5, 0.6) is 5.75 Å². The molecule has 2 aromatic rings. The summed E-state index contributed by atoms with van der Waals surface area (Å²) in [6.07, 6.45) is 1.29. The number of cyclic esters (lactones) is 1. The summed E-state index contributed by atoms with van der Waals surface area (Å²) in [5.74, 6) is -0.584. The molecule has 0 radical (unpaired) electrons. The van der Waals surface area contributed by atoms with Crippen LogP contribution in [-0.4, -0.2) is 24.2 Å². The van der Waals surface area contributed by atoms with Crippen LogP contribution in [0.15, 0.2) is 24.4 Å². The van der Waals surface area contributed by atoms with Crippen LogP contribution >= 0.6 is 0 Å². The molecule has 3 rings (SSSR count). The molecule has 86 valence electrons. The molecule has 0 saturated heterocycles. The van der Waals surface area contributed by atoms with E-state index in [-0.39, 0.29) is 24.3 Å². The number of hydrogen-bond donors (Lipinski definition) is 0. The number of nitrogens with zero attached hydrogens (tertiary/aromatic N) is 1. The minimum atomic E-state index is -0.490. The molecule has 0 bridgehead atoms. The molecule has 1 aliphatic rings. The van der Waals surface area contributed by atoms with Gasteiger partial charge in [0.1, 0.15) is 35.9 Å². The highest BCUT2D eigenvalue weighted by Gasteiger charge is 2.21. The normalized spacial score (nSPS) is 14.8. The Bertz CT molecular complexity index is 612. The molecule has 0 fully saturated rings. The lowest BCUT2D eigenvalue weighted by atomic mass is 10.1. The first-order chi connectivity index (χ1) is 8.27. The molecule has 1 aromatic carbocycles. The summed E-state index contributed by atoms with van der Waals surface area (Å²) in [6, 6.07) is 4.54. The second kappa shape index (κ2) is 3.69. The highest BCUT2D eigenvalue weighted by atomic mass is 19.1. The lowest BCUT2D eigenvalue weighted by Crippen LogP contribution is -2.05. The van der Waals surface area contributed by atoms with Crippen molar-refractivity contribution in [2.45, 2.75) is 0 Å². The molecular formula is C12H8FNO3. The van der Waals surface area contributed by atoms with Gasteiger partial charge >= 0.3 is 5.97 Å². The molecule has 0 aliphatic carbocycles. The van der Waals surface area contributed by atoms with Crippen LogP contribution in [0, 0.1) is 5.82 Å². The smallest absolute Gasteiger partial charge is 0.343 e. The predicted molar refractivity (Wildman–Crippen MR) is 57.5 cm³/mol. The summed E-state index contributed by atoms with van der Waals surface area (Å²) in [5.41, 5.74) is 0.432. The summed E-state index contributed by atoms with van der Waals surface area (Å²) >= 11 is 0. The van der Waals surface area contributed by atoms with E-state index < -0.39 is 11.8 Å². The summed E-state index contributed by atoms with van der Waals surface area (Å²) in [5, 5.41) is 0.487. The van der Waals surface area contributed by atoms with Gasteiger partial charge in [-0.3, -0.25) is 4.98 Å². The van der Waals surface area contributed by atoms with Crippen molar-refractivity contribution in [1.82, 2.24) is 4.98 Å². The number of carbonyl (C=O) groups is 1. The summed E-state index contributed by atoms with van der Waals surface area (Å²) < 4.78 is 23.9. The van der Waals surface area contributed by atoms with Crippen molar-refractivity contribution in [3.8, 4) is 5.75 Å². The number of hydrogen-bond acceptors (Lipinski definition) is 4. The third-order valence-electron chi connectivity index (χ3n) is 2.58. The largest absolute Gasteiger partial charge is 0.488 e. The van der Waals surface area contributed by atoms with Gasteiger partial charge in [-0.1, -0.05) is 6.07 Å². The van der Waals surface area contributed by atoms with Crippen LogP contribution in [0.3, 0.4) is 0 Å². The Balaban J connectivity index is 2.35. The number of benzene rings is 1. The van der Waals surface area contributed by atoms with Gasteiger partial charge in [-0.05, 0) is 12.1 Å². The van der Waals surface area contributed by atoms with Gasteiger partial charge < -0.3 is 9.47 Å². The van der Waals surface area contributed by atoms with Crippen molar-refractivity contribution < 1.29 is 18.7 Å². The van der Waals surface area contributed by atoms with Crippen molar-refractivity contribution >= 4 is 16.9 Å². The third kappa shape index (κ3) is 1.51. The molecule has 0 saturated carbocycles. The SMILES string of the molecule is O=C1OCCOc2c1cnc1c(F)cccc21. The topological polar surface area (TPSA) is 48.4 Å². The van der Waals surface area contributed by atoms with Crippen molar-refractivity contribution in [3.05, 3.63) is 35.8 Å². The van der Waals surface area contributed by atoms with E-state index in [0.717, 1.165) is 0 Å². The number of carbonyl (C=O) groups excluding carboxylic acids is 1. The zero-order valence-corrected chi connectivity index (χ0v) is 8.77. The second-order valence-corrected chi connectivity index (χ2v) is 3.62. The Morgan fingerprint density at radius 3 is 2.94 bits per heavy atom. The molecule has 4 nitrogen and oxygen atoms in total. The number of para-hydroxylation sites is 1. The molecule has 2 heterocycles. The van der Waals surface area contributed by atoms with Crippen LogP contribution in [0.25, 0.3) is 10.9 Å². The van der Waals surface area contributed by atoms with Crippen molar-refractivity contribution in [2.24, 2.45) is 0 Å². The quantitative estimate of drug-likeness (QED) is 0.652. The molecule has 0 unspecified atom stereocenters. The minimum Gasteiger partial charge on any atom is -0.488 e. The lowest BCUT2D eigenvalue weighted by Gasteiger charge is -2.08. The second-order valence-electron chi connectivity index (χ2n) is 3.62. The molecule has 5 heteroatoms. The highest BCUT2D eigenvalue weighted by Crippen LogP contribution is 2.31. The number of rotatable bonds is 0. The van der Waals surface area contributed by atoms with E-state index in [1.807, 2.05) is 0 Å². The molecule has 0 spiro atoms. The number of aromatic nitrogens is 1. The minimum absolute atomic E-state index is 0.185. The molecule has 0 amide bonds. The van der Waals surface area contributed by atoms with E-state index >= 15 is 0 Å². The first-order valence-corrected chi connectivity index (χ1v) is 5.14. The van der Waals surface area contributed by atoms with Crippen LogP contribution in [0.4, 0.5) is 4.39 Å². The third-order valence-corrected chi connectivity index (χ3v) is 2.58. The average molecular weight is 233 g/mol. The maximum Gasteiger partial charge on any atom is 0.343 e. The Morgan fingerprint density at radius 2 is 2.06 bits per heavy atom. The standard InChI is InChI=1S/C12H8FNO3/c13-9-3-1-2-7-10(9)14-6-8-11(7)16-4-5-17-12(8)15/h1-3,6H,4-5H2. The zero-order valence-electron chi connectivity index (χ0n) is 8.77. The van der Waals surface area contributed by atoms with Crippen LogP contribution < -0.4 is 4.74 Å². The van der Waals surface area contributed by atoms with Gasteiger partial charge in [-0.15, -0.1) is 0 Å². The zero-order chi connectivity index (χ0) is 11.8. The van der Waals surface area contributed by atoms with Crippen LogP contribution in [0.1, 0.15) is 10.4 Å². The molecule has 1 aliphatic heterocycles. The summed E-state index contributed by atoms with van der Waals surface area (Å²) in [4.78, 5) is 15.5. The molecule has 17 heavy (non-hydrogen) atoms. The Hall–Kier alpha value is -2.17. The van der Waals surface area contributed by atoms with Gasteiger partial charge in [0, 0.05) is 11.6 Å². The van der Waals surface area contributed by atoms with Crippen LogP contribution in [0.2, 0.25) is 0 Å². The molecule has 0 N–H and O–H groups in total. The van der Waals surface area contributed by atoms with Crippen molar-refractivity contribution in [3.63, 3.8) is 0 Å². The monoisotopic (exact) mass is 233 g/mol. The fraction of sp³-hybridized carbons (Fsp3) is 0.167. The van der Waals surface area contributed by atoms with E-state index in [9.17, 15) is 9.18 Å². The van der Waals surface area contributed by atoms with Crippen molar-refractivity contribution in [1.29, 1.82) is 0 Å². The fourth-order valence-corrected chi connectivity index (χ4v) is 1.82. The first-order valence-electron chi connectivity index (χ1n) is 5.14. The average Bonchev–Trinajstić information content (AvgIpc) is 2.52. The predicted octanol–water partition coefficient (Wildman–Crippen LogP) is 1.92. The maximum atomic E-state index is 13.5. The number of fused-ring (bicyclic) bond motifs is 3. The molecular weight excluding hydrogens is 225 g/mol. The molecule has 1 aromatic heterocycles. The number of pyridine rings is 1. The Kier molecular flexibility index (Phi) is 2.18. The fourth-order valence-electron chi connectivity index (χ4n) is 1.82. The van der Waals surface area contributed by atoms with Gasteiger partial charge in [0.25, 0.3) is 0 Å². The van der Waals surface area contributed by atoms with Crippen LogP contribution in [-0.2, 0) is 4.74 Å². The summed E-state index contributed by atoms with van der Waals surface area (Å²) in [6.45, 7) is 0.443. The van der Waals surface area contributed by atoms with Gasteiger partial charge in [-0.25, -0.2) is 9.18 Å². The van der Waals surface area contributed by atoms with Gasteiger partial charge in [0.05, 0.1) is 0 Å². The Labute approximate surface area is 96.0 Å². The first kappa shape index (κ1) is 10.0. The van der Waals surface area contributed by atoms with E-state index in [0.29, 0.717) is 11.1 Å². The molecule has 0 atom stereocenters. The van der Waals surface area contributed by atoms with E-state index in [2.05, 4.69) is 4.98 Å². The van der Waals surface area contributed by atoms with Gasteiger partial charge in [0.15, 0.2) is 0 Å². The van der Waals surface area contributed by atoms with Gasteiger partial charge in [-0.2, -0.15) is 0 Å². The van der Waals surface area contributed by atoms with Gasteiger partial charge in [0.2, 0.25) is 0 Å². The summed E-state index contributed by atoms with van der Waals surface area (Å²) in [7, 11) is 0. The lowest BCUT2D eigenvalue weighted by molar-refractivity contribution is 0.0492. The van der Waals surface area contributed by atoms with E-state index in [4.69, 9.17) is 9.47 Å². The van der Waals surface area contributed by atoms with E-state index in [1.54, 1.807) is 12.1 Å². The Morgan fingerprint density at radius 1 is 1.24 bits per heavy atom. The number of ether oxygens (including phenoxy) is 2. The number of esters is 1. The maximum absolute atomic E-state index is 13.5. The number of halogens is 1. The highest BCUT2D eigenvalue weighted by molar-refractivity contribution is 5.99.